The van der Waals surface area contributed by atoms with E-state index < -0.39 is 0 Å². The van der Waals surface area contributed by atoms with Crippen LogP contribution in [0.25, 0.3) is 11.0 Å². The highest BCUT2D eigenvalue weighted by Gasteiger charge is 2.10. The van der Waals surface area contributed by atoms with Gasteiger partial charge in [0, 0.05) is 6.54 Å². The van der Waals surface area contributed by atoms with E-state index in [9.17, 15) is 0 Å². The molecule has 0 saturated carbocycles. The summed E-state index contributed by atoms with van der Waals surface area (Å²) < 4.78 is 7.41. The van der Waals surface area contributed by atoms with Gasteiger partial charge < -0.3 is 4.74 Å². The summed E-state index contributed by atoms with van der Waals surface area (Å²) in [5.41, 5.74) is 2.14. The van der Waals surface area contributed by atoms with Gasteiger partial charge in [-0.3, -0.25) is 4.57 Å². The lowest BCUT2D eigenvalue weighted by Crippen LogP contribution is -2.06. The molecule has 0 atom stereocenters. The van der Waals surface area contributed by atoms with Gasteiger partial charge in [0.1, 0.15) is 0 Å². The molecule has 0 aliphatic heterocycles. The quantitative estimate of drug-likeness (QED) is 0.768. The molecule has 0 aliphatic rings. The van der Waals surface area contributed by atoms with Gasteiger partial charge in [-0.25, -0.2) is 0 Å². The predicted molar refractivity (Wildman–Crippen MR) is 61.1 cm³/mol. The maximum absolute atomic E-state index is 5.28. The summed E-state index contributed by atoms with van der Waals surface area (Å²) in [6, 6.07) is 8.81. The number of fused-ring (bicyclic) bond motifs is 1. The molecule has 0 radical (unpaired) electrons. The topological polar surface area (TPSA) is 27.1 Å². The summed E-state index contributed by atoms with van der Waals surface area (Å²) in [6.45, 7) is 5.31. The molecule has 0 aliphatic carbocycles. The van der Waals surface area contributed by atoms with Crippen LogP contribution in [0.1, 0.15) is 13.8 Å². The Morgan fingerprint density at radius 1 is 1.33 bits per heavy atom. The summed E-state index contributed by atoms with van der Waals surface area (Å²) in [5, 5.41) is 0. The van der Waals surface area contributed by atoms with Crippen molar-refractivity contribution in [2.24, 2.45) is 5.92 Å². The minimum Gasteiger partial charge on any atom is -0.468 e. The first kappa shape index (κ1) is 10.0. The molecule has 0 fully saturated rings. The third-order valence-corrected chi connectivity index (χ3v) is 2.35. The van der Waals surface area contributed by atoms with E-state index in [0.717, 1.165) is 17.6 Å². The second-order valence-corrected chi connectivity index (χ2v) is 4.09. The standard InChI is InChI=1S/C12H16N2O/c1-9(2)8-14-11-7-5-4-6-10(11)13-12(14)15-3/h4-7,9H,8H2,1-3H3. The smallest absolute Gasteiger partial charge is 0.297 e. The zero-order valence-corrected chi connectivity index (χ0v) is 9.40. The van der Waals surface area contributed by atoms with Gasteiger partial charge in [0.05, 0.1) is 18.1 Å². The fraction of sp³-hybridized carbons (Fsp3) is 0.417. The van der Waals surface area contributed by atoms with Crippen LogP contribution in [0.4, 0.5) is 0 Å². The Labute approximate surface area is 89.7 Å². The maximum atomic E-state index is 5.28. The summed E-state index contributed by atoms with van der Waals surface area (Å²) >= 11 is 0. The van der Waals surface area contributed by atoms with E-state index >= 15 is 0 Å². The van der Waals surface area contributed by atoms with Crippen LogP contribution >= 0.6 is 0 Å². The number of methoxy groups -OCH3 is 1. The summed E-state index contributed by atoms with van der Waals surface area (Å²) in [4.78, 5) is 4.42. The molecule has 80 valence electrons. The number of ether oxygens (including phenoxy) is 1. The van der Waals surface area contributed by atoms with E-state index in [1.165, 1.54) is 0 Å². The fourth-order valence-corrected chi connectivity index (χ4v) is 1.75. The van der Waals surface area contributed by atoms with Crippen molar-refractivity contribution >= 4 is 11.0 Å². The van der Waals surface area contributed by atoms with Crippen LogP contribution in [0.15, 0.2) is 24.3 Å². The Hall–Kier alpha value is -1.51. The Morgan fingerprint density at radius 2 is 2.07 bits per heavy atom. The Balaban J connectivity index is 2.56. The van der Waals surface area contributed by atoms with Crippen molar-refractivity contribution in [3.8, 4) is 6.01 Å². The molecule has 0 amide bonds. The van der Waals surface area contributed by atoms with Gasteiger partial charge in [-0.1, -0.05) is 26.0 Å². The average molecular weight is 204 g/mol. The second-order valence-electron chi connectivity index (χ2n) is 4.09. The first-order valence-electron chi connectivity index (χ1n) is 5.21. The average Bonchev–Trinajstić information content (AvgIpc) is 2.56. The van der Waals surface area contributed by atoms with Crippen molar-refractivity contribution in [3.05, 3.63) is 24.3 Å². The number of nitrogens with zero attached hydrogens (tertiary/aromatic N) is 2. The number of para-hydroxylation sites is 2. The number of benzene rings is 1. The lowest BCUT2D eigenvalue weighted by atomic mass is 10.2. The monoisotopic (exact) mass is 204 g/mol. The lowest BCUT2D eigenvalue weighted by Gasteiger charge is -2.09. The molecule has 1 aromatic carbocycles. The predicted octanol–water partition coefficient (Wildman–Crippen LogP) is 2.70. The third kappa shape index (κ3) is 1.82. The largest absolute Gasteiger partial charge is 0.468 e. The summed E-state index contributed by atoms with van der Waals surface area (Å²) in [5.74, 6) is 0.580. The molecule has 2 rings (SSSR count). The highest BCUT2D eigenvalue weighted by molar-refractivity contribution is 5.76. The second kappa shape index (κ2) is 3.93. The highest BCUT2D eigenvalue weighted by Crippen LogP contribution is 2.22. The number of rotatable bonds is 3. The zero-order valence-electron chi connectivity index (χ0n) is 9.40. The van der Waals surface area contributed by atoms with Crippen LogP contribution in [-0.2, 0) is 6.54 Å². The van der Waals surface area contributed by atoms with Crippen molar-refractivity contribution in [3.63, 3.8) is 0 Å². The molecule has 0 spiro atoms. The van der Waals surface area contributed by atoms with Crippen LogP contribution in [0.3, 0.4) is 0 Å². The molecule has 1 heterocycles. The normalized spacial score (nSPS) is 11.2. The number of hydrogen-bond donors (Lipinski definition) is 0. The van der Waals surface area contributed by atoms with Crippen molar-refractivity contribution in [1.82, 2.24) is 9.55 Å². The molecule has 3 nitrogen and oxygen atoms in total. The summed E-state index contributed by atoms with van der Waals surface area (Å²) in [7, 11) is 1.66. The van der Waals surface area contributed by atoms with Crippen molar-refractivity contribution in [2.45, 2.75) is 20.4 Å². The minimum atomic E-state index is 0.580. The van der Waals surface area contributed by atoms with Gasteiger partial charge in [0.15, 0.2) is 0 Å². The molecule has 15 heavy (non-hydrogen) atoms. The molecule has 3 heteroatoms. The van der Waals surface area contributed by atoms with Crippen LogP contribution in [0, 0.1) is 5.92 Å². The van der Waals surface area contributed by atoms with Gasteiger partial charge >= 0.3 is 0 Å². The molecule has 0 N–H and O–H groups in total. The van der Waals surface area contributed by atoms with E-state index in [4.69, 9.17) is 4.74 Å². The SMILES string of the molecule is COc1nc2ccccc2n1CC(C)C. The minimum absolute atomic E-state index is 0.580. The Morgan fingerprint density at radius 3 is 2.73 bits per heavy atom. The molecule has 0 saturated heterocycles. The van der Waals surface area contributed by atoms with Crippen LogP contribution in [0.2, 0.25) is 0 Å². The van der Waals surface area contributed by atoms with E-state index in [-0.39, 0.29) is 0 Å². The zero-order chi connectivity index (χ0) is 10.8. The van der Waals surface area contributed by atoms with Gasteiger partial charge in [-0.2, -0.15) is 4.98 Å². The number of hydrogen-bond acceptors (Lipinski definition) is 2. The molecule has 0 bridgehead atoms. The van der Waals surface area contributed by atoms with Crippen molar-refractivity contribution < 1.29 is 4.74 Å². The van der Waals surface area contributed by atoms with Crippen LogP contribution in [0.5, 0.6) is 6.01 Å². The highest BCUT2D eigenvalue weighted by atomic mass is 16.5. The third-order valence-electron chi connectivity index (χ3n) is 2.35. The molecule has 1 aromatic heterocycles. The Bertz CT molecular complexity index is 460. The van der Waals surface area contributed by atoms with E-state index in [1.54, 1.807) is 7.11 Å². The van der Waals surface area contributed by atoms with Gasteiger partial charge in [-0.05, 0) is 18.1 Å². The van der Waals surface area contributed by atoms with Crippen LogP contribution < -0.4 is 4.74 Å². The molecule has 0 unspecified atom stereocenters. The molecule has 2 aromatic rings. The maximum Gasteiger partial charge on any atom is 0.297 e. The van der Waals surface area contributed by atoms with Crippen molar-refractivity contribution in [1.29, 1.82) is 0 Å². The van der Waals surface area contributed by atoms with Crippen molar-refractivity contribution in [2.75, 3.05) is 7.11 Å². The van der Waals surface area contributed by atoms with Gasteiger partial charge in [-0.15, -0.1) is 0 Å². The number of aromatic nitrogens is 2. The number of imidazole rings is 1. The first-order valence-corrected chi connectivity index (χ1v) is 5.21. The van der Waals surface area contributed by atoms with Gasteiger partial charge in [0.25, 0.3) is 6.01 Å². The van der Waals surface area contributed by atoms with Gasteiger partial charge in [0.2, 0.25) is 0 Å². The van der Waals surface area contributed by atoms with E-state index in [2.05, 4.69) is 29.5 Å². The van der Waals surface area contributed by atoms with E-state index in [1.807, 2.05) is 18.2 Å². The lowest BCUT2D eigenvalue weighted by molar-refractivity contribution is 0.348. The molecular weight excluding hydrogens is 188 g/mol. The van der Waals surface area contributed by atoms with E-state index in [0.29, 0.717) is 11.9 Å². The van der Waals surface area contributed by atoms with Crippen LogP contribution in [-0.4, -0.2) is 16.7 Å². The summed E-state index contributed by atoms with van der Waals surface area (Å²) in [6.07, 6.45) is 0. The Kier molecular flexibility index (Phi) is 2.62. The fourth-order valence-electron chi connectivity index (χ4n) is 1.75. The first-order chi connectivity index (χ1) is 7.22. The molecular formula is C12H16N2O.